The molecule has 0 heterocycles. The number of carbonyl (C=O) groups is 2. The summed E-state index contributed by atoms with van der Waals surface area (Å²) in [6.07, 6.45) is -0.846. The first-order chi connectivity index (χ1) is 10.2. The van der Waals surface area contributed by atoms with E-state index >= 15 is 0 Å². The molecule has 0 saturated carbocycles. The van der Waals surface area contributed by atoms with Crippen LogP contribution in [0.4, 0.5) is 10.5 Å². The van der Waals surface area contributed by atoms with Crippen LogP contribution in [0.3, 0.4) is 0 Å². The zero-order chi connectivity index (χ0) is 15.5. The first-order valence-electron chi connectivity index (χ1n) is 5.97. The number of hydrogen-bond acceptors (Lipinski definition) is 7. The third-order valence-electron chi connectivity index (χ3n) is 2.00. The predicted octanol–water partition coefficient (Wildman–Crippen LogP) is 4.46. The quantitative estimate of drug-likeness (QED) is 0.139. The third-order valence-corrected chi connectivity index (χ3v) is 4.39. The summed E-state index contributed by atoms with van der Waals surface area (Å²) in [6.45, 7) is 1.80. The van der Waals surface area contributed by atoms with E-state index in [4.69, 9.17) is 5.53 Å². The van der Waals surface area contributed by atoms with Crippen molar-refractivity contribution in [3.8, 4) is 0 Å². The Balaban J connectivity index is 2.23. The van der Waals surface area contributed by atoms with Crippen molar-refractivity contribution in [3.05, 3.63) is 34.7 Å². The molecule has 7 nitrogen and oxygen atoms in total. The van der Waals surface area contributed by atoms with Crippen LogP contribution in [0.15, 0.2) is 34.3 Å². The summed E-state index contributed by atoms with van der Waals surface area (Å²) in [5.41, 5.74) is 8.83. The fourth-order valence-electron chi connectivity index (χ4n) is 1.15. The molecule has 112 valence electrons. The van der Waals surface area contributed by atoms with Gasteiger partial charge in [-0.2, -0.15) is 0 Å². The smallest absolute Gasteiger partial charge is 0.434 e. The summed E-state index contributed by atoms with van der Waals surface area (Å²) in [5.74, 6) is -0.110. The van der Waals surface area contributed by atoms with Crippen molar-refractivity contribution >= 4 is 39.4 Å². The molecular weight excluding hydrogens is 314 g/mol. The fraction of sp³-hybridized carbons (Fsp3) is 0.333. The van der Waals surface area contributed by atoms with Gasteiger partial charge >= 0.3 is 12.1 Å². The van der Waals surface area contributed by atoms with Gasteiger partial charge in [-0.25, -0.2) is 4.79 Å². The minimum atomic E-state index is -0.964. The van der Waals surface area contributed by atoms with Gasteiger partial charge in [0.15, 0.2) is 0 Å². The lowest BCUT2D eigenvalue weighted by Crippen LogP contribution is -2.13. The molecule has 0 aromatic heterocycles. The molecule has 0 spiro atoms. The second-order valence-corrected chi connectivity index (χ2v) is 5.98. The average Bonchev–Trinajstić information content (AvgIpc) is 2.46. The molecule has 21 heavy (non-hydrogen) atoms. The van der Waals surface area contributed by atoms with Crippen molar-refractivity contribution in [2.45, 2.75) is 18.2 Å². The van der Waals surface area contributed by atoms with Gasteiger partial charge in [-0.3, -0.25) is 4.79 Å². The Morgan fingerprint density at radius 2 is 2.05 bits per heavy atom. The molecule has 1 aromatic rings. The predicted molar refractivity (Wildman–Crippen MR) is 81.3 cm³/mol. The number of carbonyl (C=O) groups excluding carboxylic acids is 2. The molecule has 0 aliphatic rings. The zero-order valence-corrected chi connectivity index (χ0v) is 12.9. The maximum atomic E-state index is 11.3. The Labute approximate surface area is 129 Å². The van der Waals surface area contributed by atoms with E-state index in [2.05, 4.69) is 19.5 Å². The Kier molecular flexibility index (Phi) is 8.18. The molecule has 0 aliphatic heterocycles. The maximum absolute atomic E-state index is 11.3. The van der Waals surface area contributed by atoms with Crippen LogP contribution in [-0.4, -0.2) is 24.5 Å². The van der Waals surface area contributed by atoms with Gasteiger partial charge in [-0.05, 0) is 24.6 Å². The molecule has 0 fully saturated rings. The number of rotatable bonds is 7. The Bertz CT molecular complexity index is 530. The summed E-state index contributed by atoms with van der Waals surface area (Å²) in [5, 5.41) is 3.47. The van der Waals surface area contributed by atoms with Crippen LogP contribution in [-0.2, 0) is 14.3 Å². The van der Waals surface area contributed by atoms with Crippen molar-refractivity contribution < 1.29 is 19.1 Å². The van der Waals surface area contributed by atoms with Crippen LogP contribution in [0.2, 0.25) is 0 Å². The summed E-state index contributed by atoms with van der Waals surface area (Å²) in [4.78, 5) is 25.8. The summed E-state index contributed by atoms with van der Waals surface area (Å²) >= 11 is 0. The van der Waals surface area contributed by atoms with E-state index < -0.39 is 12.1 Å². The van der Waals surface area contributed by atoms with Gasteiger partial charge in [0, 0.05) is 21.2 Å². The van der Waals surface area contributed by atoms with Gasteiger partial charge in [0.2, 0.25) is 0 Å². The standard InChI is InChI=1S/C12H13N3O4S2/c1-2-18-12(17)19-11(16)7-8-20-21-10-5-3-9(4-6-10)14-15-13/h3-6H,2,7-8H2,1H3. The van der Waals surface area contributed by atoms with E-state index in [0.29, 0.717) is 11.4 Å². The van der Waals surface area contributed by atoms with Crippen molar-refractivity contribution in [1.29, 1.82) is 0 Å². The first-order valence-corrected chi connectivity index (χ1v) is 8.29. The minimum Gasteiger partial charge on any atom is -0.434 e. The zero-order valence-electron chi connectivity index (χ0n) is 11.2. The second kappa shape index (κ2) is 9.98. The van der Waals surface area contributed by atoms with E-state index in [1.165, 1.54) is 21.6 Å². The molecule has 9 heteroatoms. The van der Waals surface area contributed by atoms with Crippen LogP contribution in [0.1, 0.15) is 13.3 Å². The van der Waals surface area contributed by atoms with Crippen LogP contribution < -0.4 is 0 Å². The molecule has 0 unspecified atom stereocenters. The number of hydrogen-bond donors (Lipinski definition) is 0. The average molecular weight is 327 g/mol. The van der Waals surface area contributed by atoms with Crippen LogP contribution in [0, 0.1) is 0 Å². The molecule has 0 atom stereocenters. The van der Waals surface area contributed by atoms with E-state index in [1.54, 1.807) is 19.1 Å². The summed E-state index contributed by atoms with van der Waals surface area (Å²) in [6, 6.07) is 7.05. The molecular formula is C12H13N3O4S2. The Hall–Kier alpha value is -1.83. The van der Waals surface area contributed by atoms with E-state index in [0.717, 1.165) is 4.90 Å². The van der Waals surface area contributed by atoms with Crippen LogP contribution >= 0.6 is 21.6 Å². The van der Waals surface area contributed by atoms with Crippen LogP contribution in [0.5, 0.6) is 0 Å². The largest absolute Gasteiger partial charge is 0.516 e. The lowest BCUT2D eigenvalue weighted by molar-refractivity contribution is -0.139. The monoisotopic (exact) mass is 327 g/mol. The Morgan fingerprint density at radius 3 is 2.67 bits per heavy atom. The molecule has 1 aromatic carbocycles. The second-order valence-electron chi connectivity index (χ2n) is 3.50. The van der Waals surface area contributed by atoms with Crippen molar-refractivity contribution in [1.82, 2.24) is 0 Å². The molecule has 0 saturated heterocycles. The number of esters is 1. The number of nitrogens with zero attached hydrogens (tertiary/aromatic N) is 3. The molecule has 1 rings (SSSR count). The van der Waals surface area contributed by atoms with Gasteiger partial charge in [0.25, 0.3) is 0 Å². The highest BCUT2D eigenvalue weighted by Gasteiger charge is 2.10. The normalized spacial score (nSPS) is 9.57. The van der Waals surface area contributed by atoms with Crippen molar-refractivity contribution in [2.24, 2.45) is 5.11 Å². The first kappa shape index (κ1) is 17.2. The minimum absolute atomic E-state index is 0.118. The topological polar surface area (TPSA) is 101 Å². The van der Waals surface area contributed by atoms with E-state index in [9.17, 15) is 9.59 Å². The number of ether oxygens (including phenoxy) is 2. The summed E-state index contributed by atoms with van der Waals surface area (Å²) in [7, 11) is 2.93. The third kappa shape index (κ3) is 7.50. The molecule has 0 bridgehead atoms. The van der Waals surface area contributed by atoms with Gasteiger partial charge in [0.05, 0.1) is 13.0 Å². The molecule has 0 amide bonds. The van der Waals surface area contributed by atoms with Gasteiger partial charge in [-0.1, -0.05) is 38.8 Å². The lowest BCUT2D eigenvalue weighted by Gasteiger charge is -2.03. The fourth-order valence-corrected chi connectivity index (χ4v) is 3.10. The molecule has 0 radical (unpaired) electrons. The molecule has 0 N–H and O–H groups in total. The van der Waals surface area contributed by atoms with Crippen molar-refractivity contribution in [2.75, 3.05) is 12.4 Å². The highest BCUT2D eigenvalue weighted by Crippen LogP contribution is 2.32. The van der Waals surface area contributed by atoms with Crippen molar-refractivity contribution in [3.63, 3.8) is 0 Å². The number of benzene rings is 1. The highest BCUT2D eigenvalue weighted by atomic mass is 33.1. The summed E-state index contributed by atoms with van der Waals surface area (Å²) < 4.78 is 8.91. The Morgan fingerprint density at radius 1 is 1.33 bits per heavy atom. The van der Waals surface area contributed by atoms with E-state index in [1.807, 2.05) is 12.1 Å². The van der Waals surface area contributed by atoms with Gasteiger partial charge in [-0.15, -0.1) is 0 Å². The highest BCUT2D eigenvalue weighted by molar-refractivity contribution is 8.76. The van der Waals surface area contributed by atoms with Gasteiger partial charge in [0.1, 0.15) is 0 Å². The SMILES string of the molecule is CCOC(=O)OC(=O)CCSSc1ccc(N=[N+]=[N-])cc1. The van der Waals surface area contributed by atoms with Gasteiger partial charge < -0.3 is 9.47 Å². The van der Waals surface area contributed by atoms with Crippen LogP contribution in [0.25, 0.3) is 10.4 Å². The lowest BCUT2D eigenvalue weighted by atomic mass is 10.3. The number of azide groups is 1. The maximum Gasteiger partial charge on any atom is 0.516 e. The molecule has 0 aliphatic carbocycles. The van der Waals surface area contributed by atoms with E-state index in [-0.39, 0.29) is 13.0 Å².